The lowest BCUT2D eigenvalue weighted by Crippen LogP contribution is -2.39. The lowest BCUT2D eigenvalue weighted by molar-refractivity contribution is -0.197. The predicted octanol–water partition coefficient (Wildman–Crippen LogP) is 9.25. The monoisotopic (exact) mass is 1040 g/mol. The van der Waals surface area contributed by atoms with Gasteiger partial charge in [0.1, 0.15) is 19.0 Å². The molecular formula is C55H56N6O11S2. The van der Waals surface area contributed by atoms with E-state index in [1.54, 1.807) is 57.9 Å². The first-order valence-corrected chi connectivity index (χ1v) is 27.0. The van der Waals surface area contributed by atoms with Gasteiger partial charge in [0.25, 0.3) is 23.6 Å². The smallest absolute Gasteiger partial charge is 0.333 e. The van der Waals surface area contributed by atoms with Crippen molar-refractivity contribution in [1.82, 2.24) is 10.0 Å². The molecule has 10 rings (SSSR count). The van der Waals surface area contributed by atoms with Crippen molar-refractivity contribution in [3.05, 3.63) is 119 Å². The zero-order valence-electron chi connectivity index (χ0n) is 41.6. The molecule has 4 aromatic carbocycles. The van der Waals surface area contributed by atoms with Gasteiger partial charge in [-0.1, -0.05) is 58.0 Å². The van der Waals surface area contributed by atoms with E-state index in [4.69, 9.17) is 38.5 Å². The number of pyridine rings is 1. The van der Waals surface area contributed by atoms with Crippen LogP contribution < -0.4 is 38.8 Å². The second kappa shape index (κ2) is 21.7. The number of carbonyl (C=O) groups is 5. The summed E-state index contributed by atoms with van der Waals surface area (Å²) >= 11 is 0. The van der Waals surface area contributed by atoms with Crippen molar-refractivity contribution in [3.63, 3.8) is 0 Å². The number of nitrogens with zero attached hydrogens (tertiary/aromatic N) is 5. The molecule has 1 saturated heterocycles. The van der Waals surface area contributed by atoms with E-state index in [1.807, 2.05) is 65.7 Å². The normalized spacial score (nSPS) is 17.3. The summed E-state index contributed by atoms with van der Waals surface area (Å²) in [5.74, 6) is 0.990. The SMILES string of the molecule is COc1cc2c(cc1OCc1cc(OCCCC(C)(C)SSCCCC(=O)ON3C(=O)CCC3=O)cc(COc3cc4c(cc3OC)C(=O)N3c5ccccc5C[C@H]3CN4)n1)N=C[C@@H]1Cc3ccccc3N1C2=O. The topological polar surface area (TPSA) is 188 Å². The molecule has 0 unspecified atom stereocenters. The van der Waals surface area contributed by atoms with Crippen LogP contribution in [0.3, 0.4) is 0 Å². The van der Waals surface area contributed by atoms with Crippen LogP contribution in [0.5, 0.6) is 28.7 Å². The molecule has 5 aliphatic rings. The Morgan fingerprint density at radius 3 is 2.08 bits per heavy atom. The highest BCUT2D eigenvalue weighted by atomic mass is 33.1. The van der Waals surface area contributed by atoms with Crippen molar-refractivity contribution in [3.8, 4) is 28.7 Å². The van der Waals surface area contributed by atoms with E-state index in [0.29, 0.717) is 99.4 Å². The minimum atomic E-state index is -0.597. The highest BCUT2D eigenvalue weighted by molar-refractivity contribution is 8.77. The number of benzene rings is 4. The van der Waals surface area contributed by atoms with Crippen molar-refractivity contribution < 1.29 is 52.5 Å². The van der Waals surface area contributed by atoms with E-state index in [-0.39, 0.29) is 61.1 Å². The Morgan fingerprint density at radius 2 is 1.38 bits per heavy atom. The van der Waals surface area contributed by atoms with Crippen molar-refractivity contribution in [2.24, 2.45) is 4.99 Å². The number of hydroxylamine groups is 2. The van der Waals surface area contributed by atoms with E-state index >= 15 is 0 Å². The van der Waals surface area contributed by atoms with Crippen molar-refractivity contribution in [2.45, 2.75) is 95.3 Å². The highest BCUT2D eigenvalue weighted by Crippen LogP contribution is 2.44. The van der Waals surface area contributed by atoms with Gasteiger partial charge in [-0.15, -0.1) is 5.06 Å². The third-order valence-electron chi connectivity index (χ3n) is 13.4. The van der Waals surface area contributed by atoms with Gasteiger partial charge in [-0.05, 0) is 74.9 Å². The number of hydrogen-bond acceptors (Lipinski definition) is 16. The molecule has 74 heavy (non-hydrogen) atoms. The van der Waals surface area contributed by atoms with Gasteiger partial charge in [0.15, 0.2) is 23.0 Å². The molecule has 384 valence electrons. The third kappa shape index (κ3) is 10.7. The Balaban J connectivity index is 0.818. The zero-order valence-corrected chi connectivity index (χ0v) is 43.2. The van der Waals surface area contributed by atoms with Crippen LogP contribution in [0, 0.1) is 0 Å². The van der Waals surface area contributed by atoms with Gasteiger partial charge in [0.05, 0.1) is 66.8 Å². The van der Waals surface area contributed by atoms with Gasteiger partial charge in [0, 0.05) is 84.6 Å². The maximum absolute atomic E-state index is 14.1. The number of imide groups is 1. The van der Waals surface area contributed by atoms with Gasteiger partial charge < -0.3 is 38.7 Å². The molecule has 5 aliphatic heterocycles. The fourth-order valence-corrected chi connectivity index (χ4v) is 12.5. The summed E-state index contributed by atoms with van der Waals surface area (Å²) in [7, 11) is 6.45. The minimum absolute atomic E-state index is 0.0151. The van der Waals surface area contributed by atoms with Crippen LogP contribution in [0.1, 0.15) is 95.6 Å². The maximum Gasteiger partial charge on any atom is 0.333 e. The number of methoxy groups -OCH3 is 2. The second-order valence-electron chi connectivity index (χ2n) is 19.1. The number of fused-ring (bicyclic) bond motifs is 8. The first-order valence-electron chi connectivity index (χ1n) is 24.7. The molecule has 2 atom stereocenters. The molecule has 19 heteroatoms. The minimum Gasteiger partial charge on any atom is -0.493 e. The van der Waals surface area contributed by atoms with Crippen LogP contribution in [0.4, 0.5) is 22.7 Å². The molecule has 1 fully saturated rings. The van der Waals surface area contributed by atoms with Crippen LogP contribution in [-0.2, 0) is 45.3 Å². The number of para-hydroxylation sites is 2. The number of hydrogen-bond donors (Lipinski definition) is 1. The van der Waals surface area contributed by atoms with Gasteiger partial charge >= 0.3 is 5.97 Å². The van der Waals surface area contributed by atoms with Crippen molar-refractivity contribution in [2.75, 3.05) is 48.2 Å². The number of aliphatic imine (C=N–C) groups is 1. The number of anilines is 3. The van der Waals surface area contributed by atoms with Gasteiger partial charge in [-0.2, -0.15) is 0 Å². The van der Waals surface area contributed by atoms with Crippen LogP contribution >= 0.6 is 21.6 Å². The van der Waals surface area contributed by atoms with Crippen LogP contribution in [0.2, 0.25) is 0 Å². The lowest BCUT2D eigenvalue weighted by atomic mass is 10.1. The summed E-state index contributed by atoms with van der Waals surface area (Å²) < 4.78 is 30.8. The zero-order chi connectivity index (χ0) is 51.5. The molecule has 1 N–H and O–H groups in total. The van der Waals surface area contributed by atoms with E-state index < -0.39 is 17.8 Å². The number of rotatable bonds is 20. The summed E-state index contributed by atoms with van der Waals surface area (Å²) in [5.41, 5.74) is 7.16. The number of amides is 4. The van der Waals surface area contributed by atoms with Gasteiger partial charge in [0.2, 0.25) is 0 Å². The number of carbonyl (C=O) groups excluding carboxylic acids is 5. The summed E-state index contributed by atoms with van der Waals surface area (Å²) in [4.78, 5) is 82.3. The van der Waals surface area contributed by atoms with Gasteiger partial charge in [-0.3, -0.25) is 34.1 Å². The summed E-state index contributed by atoms with van der Waals surface area (Å²) in [6.45, 7) is 5.34. The number of ether oxygens (including phenoxy) is 5. The number of nitrogens with one attached hydrogen (secondary N) is 1. The van der Waals surface area contributed by atoms with Crippen molar-refractivity contribution >= 4 is 80.1 Å². The van der Waals surface area contributed by atoms with Crippen molar-refractivity contribution in [1.29, 1.82) is 0 Å². The standard InChI is InChI=1S/C55H56N6O11S2/c1-55(2,74-73-20-9-15-52(64)72-61-50(62)16-17-51(61)63)18-10-19-69-39-23-35(31-70-48-27-42-40(25-46(48)67-3)53(65)59-37(29-56-42)21-33-11-5-7-13-44(33)59)58-36(24-39)32-71-49-28-43-41(26-47(49)68-4)54(66)60-38(30-57-43)22-34-12-6-8-14-45(34)60/h5-8,11-14,23-29,37-38,57H,9-10,15-22,30-32H2,1-4H3/t37-,38-/m0/s1. The molecule has 0 spiro atoms. The molecule has 0 aliphatic carbocycles. The van der Waals surface area contributed by atoms with E-state index in [1.165, 1.54) is 7.11 Å². The lowest BCUT2D eigenvalue weighted by Gasteiger charge is -2.23. The molecule has 1 aromatic heterocycles. The third-order valence-corrected chi connectivity index (χ3v) is 16.9. The molecule has 17 nitrogen and oxygen atoms in total. The second-order valence-corrected chi connectivity index (χ2v) is 22.2. The molecule has 0 radical (unpaired) electrons. The summed E-state index contributed by atoms with van der Waals surface area (Å²) in [5, 5.41) is 4.08. The van der Waals surface area contributed by atoms with Crippen LogP contribution in [0.25, 0.3) is 0 Å². The molecule has 6 heterocycles. The fraction of sp³-hybridized carbons (Fsp3) is 0.364. The Labute approximate surface area is 436 Å². The summed E-state index contributed by atoms with van der Waals surface area (Å²) in [6, 6.07) is 26.2. The Morgan fingerprint density at radius 1 is 0.743 bits per heavy atom. The Kier molecular flexibility index (Phi) is 14.7. The maximum atomic E-state index is 14.1. The highest BCUT2D eigenvalue weighted by Gasteiger charge is 2.39. The number of aromatic nitrogens is 1. The first kappa shape index (κ1) is 50.3. The average molecular weight is 1040 g/mol. The molecule has 0 saturated carbocycles. The Hall–Kier alpha value is -7.25. The molecular weight excluding hydrogens is 985 g/mol. The Bertz CT molecular complexity index is 3040. The quantitative estimate of drug-likeness (QED) is 0.0441. The first-order chi connectivity index (χ1) is 35.9. The average Bonchev–Trinajstić information content (AvgIpc) is 4.02. The summed E-state index contributed by atoms with van der Waals surface area (Å²) in [6.07, 6.45) is 5.58. The van der Waals surface area contributed by atoms with E-state index in [2.05, 4.69) is 25.2 Å². The fourth-order valence-electron chi connectivity index (χ4n) is 9.77. The predicted molar refractivity (Wildman–Crippen MR) is 282 cm³/mol. The molecule has 5 aromatic rings. The largest absolute Gasteiger partial charge is 0.493 e. The van der Waals surface area contributed by atoms with Crippen LogP contribution in [-0.4, -0.2) is 95.8 Å². The van der Waals surface area contributed by atoms with E-state index in [0.717, 1.165) is 41.8 Å². The van der Waals surface area contributed by atoms with E-state index in [9.17, 15) is 24.0 Å². The molecule has 4 amide bonds. The molecule has 0 bridgehead atoms. The van der Waals surface area contributed by atoms with Crippen LogP contribution in [0.15, 0.2) is 89.9 Å². The van der Waals surface area contributed by atoms with Gasteiger partial charge in [-0.25, -0.2) is 4.79 Å².